The first kappa shape index (κ1) is 29.8. The minimum absolute atomic E-state index is 0.0195. The summed E-state index contributed by atoms with van der Waals surface area (Å²) in [6, 6.07) is 4.70. The van der Waals surface area contributed by atoms with Crippen LogP contribution >= 0.6 is 12.2 Å². The number of ether oxygens (including phenoxy) is 2. The molecule has 0 atom stereocenters. The predicted octanol–water partition coefficient (Wildman–Crippen LogP) is 2.49. The summed E-state index contributed by atoms with van der Waals surface area (Å²) >= 11 is 5.54. The van der Waals surface area contributed by atoms with Crippen molar-refractivity contribution < 1.29 is 32.2 Å². The molecule has 2 heterocycles. The number of amides is 2. The second kappa shape index (κ2) is 12.4. The van der Waals surface area contributed by atoms with Crippen LogP contribution in [-0.2, 0) is 25.2 Å². The molecular formula is C25H32F3N5O4S. The number of nitrogens with zero attached hydrogens (tertiary/aromatic N) is 5. The van der Waals surface area contributed by atoms with E-state index >= 15 is 0 Å². The molecule has 0 saturated carbocycles. The zero-order valence-corrected chi connectivity index (χ0v) is 22.5. The molecule has 208 valence electrons. The first-order chi connectivity index (χ1) is 17.9. The second-order valence-electron chi connectivity index (χ2n) is 9.59. The van der Waals surface area contributed by atoms with E-state index in [1.807, 2.05) is 0 Å². The number of piperazine rings is 1. The zero-order valence-electron chi connectivity index (χ0n) is 21.7. The van der Waals surface area contributed by atoms with Gasteiger partial charge in [0, 0.05) is 39.8 Å². The van der Waals surface area contributed by atoms with E-state index in [0.717, 1.165) is 17.0 Å². The summed E-state index contributed by atoms with van der Waals surface area (Å²) in [4.78, 5) is 32.3. The largest absolute Gasteiger partial charge is 0.417 e. The van der Waals surface area contributed by atoms with Crippen molar-refractivity contribution in [2.75, 3.05) is 71.1 Å². The number of alkyl halides is 3. The van der Waals surface area contributed by atoms with Crippen molar-refractivity contribution in [2.24, 2.45) is 0 Å². The van der Waals surface area contributed by atoms with E-state index in [-0.39, 0.29) is 23.3 Å². The highest BCUT2D eigenvalue weighted by Crippen LogP contribution is 2.37. The van der Waals surface area contributed by atoms with Gasteiger partial charge in [-0.05, 0) is 57.2 Å². The van der Waals surface area contributed by atoms with Gasteiger partial charge in [-0.1, -0.05) is 0 Å². The highest BCUT2D eigenvalue weighted by atomic mass is 32.1. The maximum absolute atomic E-state index is 13.5. The normalized spacial score (nSPS) is 18.3. The number of thiocarbonyl (C=S) groups is 1. The molecule has 3 rings (SSSR count). The van der Waals surface area contributed by atoms with Crippen molar-refractivity contribution in [1.82, 2.24) is 14.7 Å². The van der Waals surface area contributed by atoms with Crippen LogP contribution in [0.4, 0.5) is 18.9 Å². The third kappa shape index (κ3) is 6.61. The fraction of sp³-hybridized carbons (Fsp3) is 0.600. The quantitative estimate of drug-likeness (QED) is 0.322. The molecule has 38 heavy (non-hydrogen) atoms. The minimum Gasteiger partial charge on any atom is -0.382 e. The summed E-state index contributed by atoms with van der Waals surface area (Å²) in [7, 11) is 1.57. The van der Waals surface area contributed by atoms with Crippen LogP contribution in [0.25, 0.3) is 0 Å². The molecule has 2 amide bonds. The molecule has 0 aromatic heterocycles. The standard InChI is InChI=1S/C25H32F3N5O4S/c1-24(2)22(35)33(19-6-5-18(16-29)20(15-19)25(26,27)28)23(38)32(24)8-4-7-30-9-11-31(12-10-30)21(34)17-37-14-13-36-3/h5-6,15H,4,7-14,17H2,1-3H3. The predicted molar refractivity (Wildman–Crippen MR) is 137 cm³/mol. The summed E-state index contributed by atoms with van der Waals surface area (Å²) in [6.07, 6.45) is -4.08. The average molecular weight is 556 g/mol. The van der Waals surface area contributed by atoms with Crippen molar-refractivity contribution >= 4 is 34.8 Å². The summed E-state index contributed by atoms with van der Waals surface area (Å²) < 4.78 is 50.7. The fourth-order valence-corrected chi connectivity index (χ4v) is 5.02. The smallest absolute Gasteiger partial charge is 0.382 e. The molecule has 9 nitrogen and oxygen atoms in total. The lowest BCUT2D eigenvalue weighted by Gasteiger charge is -2.35. The third-order valence-corrected chi connectivity index (χ3v) is 7.15. The van der Waals surface area contributed by atoms with Crippen LogP contribution in [0.1, 0.15) is 31.4 Å². The van der Waals surface area contributed by atoms with Crippen LogP contribution in [0.2, 0.25) is 0 Å². The number of carbonyl (C=O) groups excluding carboxylic acids is 2. The van der Waals surface area contributed by atoms with Gasteiger partial charge < -0.3 is 19.3 Å². The van der Waals surface area contributed by atoms with Gasteiger partial charge in [0.15, 0.2) is 5.11 Å². The number of halogens is 3. The van der Waals surface area contributed by atoms with E-state index in [1.165, 1.54) is 6.07 Å². The summed E-state index contributed by atoms with van der Waals surface area (Å²) in [5, 5.41) is 9.19. The van der Waals surface area contributed by atoms with E-state index < -0.39 is 28.7 Å². The number of hydrogen-bond donors (Lipinski definition) is 0. The zero-order chi connectivity index (χ0) is 28.1. The molecule has 0 aliphatic carbocycles. The summed E-state index contributed by atoms with van der Waals surface area (Å²) in [5.41, 5.74) is -2.69. The van der Waals surface area contributed by atoms with Crippen molar-refractivity contribution in [3.63, 3.8) is 0 Å². The Balaban J connectivity index is 1.57. The Morgan fingerprint density at radius 1 is 1.16 bits per heavy atom. The molecule has 2 aliphatic rings. The van der Waals surface area contributed by atoms with Gasteiger partial charge in [0.05, 0.1) is 36.1 Å². The van der Waals surface area contributed by atoms with Crippen LogP contribution in [0, 0.1) is 11.3 Å². The van der Waals surface area contributed by atoms with Crippen molar-refractivity contribution in [1.29, 1.82) is 5.26 Å². The number of rotatable bonds is 10. The molecule has 2 fully saturated rings. The van der Waals surface area contributed by atoms with Crippen LogP contribution in [-0.4, -0.2) is 103 Å². The van der Waals surface area contributed by atoms with E-state index in [4.69, 9.17) is 27.0 Å². The molecule has 0 radical (unpaired) electrons. The van der Waals surface area contributed by atoms with Gasteiger partial charge in [0.25, 0.3) is 5.91 Å². The molecule has 0 N–H and O–H groups in total. The lowest BCUT2D eigenvalue weighted by molar-refractivity contribution is -0.138. The fourth-order valence-electron chi connectivity index (χ4n) is 4.51. The Bertz CT molecular complexity index is 1080. The average Bonchev–Trinajstić information content (AvgIpc) is 3.05. The maximum atomic E-state index is 13.5. The Kier molecular flexibility index (Phi) is 9.69. The molecule has 0 bridgehead atoms. The number of hydrogen-bond acceptors (Lipinski definition) is 7. The first-order valence-corrected chi connectivity index (χ1v) is 12.7. The minimum atomic E-state index is -4.74. The van der Waals surface area contributed by atoms with Crippen LogP contribution in [0.15, 0.2) is 18.2 Å². The van der Waals surface area contributed by atoms with Crippen molar-refractivity contribution in [2.45, 2.75) is 32.0 Å². The lowest BCUT2D eigenvalue weighted by atomic mass is 10.0. The molecule has 2 aliphatic heterocycles. The van der Waals surface area contributed by atoms with Gasteiger partial charge in [0.2, 0.25) is 5.91 Å². The van der Waals surface area contributed by atoms with Gasteiger partial charge >= 0.3 is 6.18 Å². The van der Waals surface area contributed by atoms with E-state index in [9.17, 15) is 22.8 Å². The molecule has 1 aromatic carbocycles. The monoisotopic (exact) mass is 555 g/mol. The number of anilines is 1. The van der Waals surface area contributed by atoms with E-state index in [0.29, 0.717) is 58.9 Å². The number of benzene rings is 1. The highest BCUT2D eigenvalue weighted by molar-refractivity contribution is 7.80. The highest BCUT2D eigenvalue weighted by Gasteiger charge is 2.49. The van der Waals surface area contributed by atoms with Crippen LogP contribution in [0.5, 0.6) is 0 Å². The van der Waals surface area contributed by atoms with Gasteiger partial charge in [-0.15, -0.1) is 0 Å². The molecular weight excluding hydrogens is 523 g/mol. The first-order valence-electron chi connectivity index (χ1n) is 12.3. The number of methoxy groups -OCH3 is 1. The summed E-state index contributed by atoms with van der Waals surface area (Å²) in [6.45, 7) is 7.94. The van der Waals surface area contributed by atoms with E-state index in [2.05, 4.69) is 4.90 Å². The Labute approximate surface area is 225 Å². The van der Waals surface area contributed by atoms with Gasteiger partial charge in [-0.2, -0.15) is 18.4 Å². The lowest BCUT2D eigenvalue weighted by Crippen LogP contribution is -2.50. The van der Waals surface area contributed by atoms with Gasteiger partial charge in [-0.25, -0.2) is 0 Å². The van der Waals surface area contributed by atoms with Crippen molar-refractivity contribution in [3.05, 3.63) is 29.3 Å². The number of carbonyl (C=O) groups is 2. The van der Waals surface area contributed by atoms with E-state index in [1.54, 1.807) is 36.8 Å². The molecule has 13 heteroatoms. The van der Waals surface area contributed by atoms with Crippen molar-refractivity contribution in [3.8, 4) is 6.07 Å². The summed E-state index contributed by atoms with van der Waals surface area (Å²) in [5.74, 6) is -0.486. The third-order valence-electron chi connectivity index (χ3n) is 6.75. The van der Waals surface area contributed by atoms with Gasteiger partial charge in [-0.3, -0.25) is 19.4 Å². The molecule has 1 aromatic rings. The maximum Gasteiger partial charge on any atom is 0.417 e. The van der Waals surface area contributed by atoms with Crippen LogP contribution in [0.3, 0.4) is 0 Å². The molecule has 0 spiro atoms. The Morgan fingerprint density at radius 3 is 2.45 bits per heavy atom. The Morgan fingerprint density at radius 2 is 1.84 bits per heavy atom. The topological polar surface area (TPSA) is 89.3 Å². The Hall–Kier alpha value is -2.79. The second-order valence-corrected chi connectivity index (χ2v) is 9.96. The van der Waals surface area contributed by atoms with Gasteiger partial charge in [0.1, 0.15) is 12.1 Å². The molecule has 2 saturated heterocycles. The SMILES string of the molecule is COCCOCC(=O)N1CCN(CCCN2C(=S)N(c3ccc(C#N)c(C(F)(F)F)c3)C(=O)C2(C)C)CC1. The molecule has 0 unspecified atom stereocenters. The number of nitriles is 1. The van der Waals surface area contributed by atoms with Crippen LogP contribution < -0.4 is 4.90 Å².